The number of carbonyl (C=O) groups excluding carboxylic acids is 2. The van der Waals surface area contributed by atoms with Crippen LogP contribution in [0, 0.1) is 0 Å². The standard InChI is InChI=1S/C29H31N5O3/c1-32(2)16-28(10-11-28)19-3-5-20(6-4-19)33-17-29(12-13-29)23-24(26(30)35)31-34(25(23)27(33)36)21-7-8-22-18(15-21)9-14-37-22/h3-8,15H,9-14,16-17H2,1-2H3,(H2,30,35). The first-order chi connectivity index (χ1) is 17.8. The van der Waals surface area contributed by atoms with Crippen molar-refractivity contribution < 1.29 is 14.3 Å². The number of fused-ring (bicyclic) bond motifs is 3. The van der Waals surface area contributed by atoms with E-state index in [2.05, 4.69) is 48.4 Å². The Labute approximate surface area is 216 Å². The van der Waals surface area contributed by atoms with Gasteiger partial charge in [-0.05, 0) is 81.2 Å². The minimum absolute atomic E-state index is 0.147. The van der Waals surface area contributed by atoms with Crippen molar-refractivity contribution in [2.45, 2.75) is 42.9 Å². The second kappa shape index (κ2) is 7.68. The maximum Gasteiger partial charge on any atom is 0.277 e. The van der Waals surface area contributed by atoms with E-state index in [-0.39, 0.29) is 22.4 Å². The van der Waals surface area contributed by atoms with Gasteiger partial charge in [0, 0.05) is 41.6 Å². The Bertz CT molecular complexity index is 1450. The molecule has 0 bridgehead atoms. The molecule has 8 nitrogen and oxygen atoms in total. The van der Waals surface area contributed by atoms with Crippen LogP contribution in [0.4, 0.5) is 5.69 Å². The molecule has 2 aliphatic carbocycles. The summed E-state index contributed by atoms with van der Waals surface area (Å²) in [6, 6.07) is 14.3. The highest BCUT2D eigenvalue weighted by Gasteiger charge is 2.56. The number of aromatic nitrogens is 2. The van der Waals surface area contributed by atoms with E-state index < -0.39 is 5.91 Å². The van der Waals surface area contributed by atoms with Gasteiger partial charge in [-0.25, -0.2) is 4.68 Å². The summed E-state index contributed by atoms with van der Waals surface area (Å²) in [6.45, 7) is 2.21. The van der Waals surface area contributed by atoms with Crippen molar-refractivity contribution in [3.63, 3.8) is 0 Å². The van der Waals surface area contributed by atoms with Crippen LogP contribution in [0.3, 0.4) is 0 Å². The maximum absolute atomic E-state index is 14.1. The lowest BCUT2D eigenvalue weighted by atomic mass is 9.87. The average Bonchev–Trinajstić information content (AvgIpc) is 3.72. The number of hydrogen-bond donors (Lipinski definition) is 1. The summed E-state index contributed by atoms with van der Waals surface area (Å²) < 4.78 is 7.29. The number of nitrogens with two attached hydrogens (primary N) is 1. The van der Waals surface area contributed by atoms with Crippen molar-refractivity contribution in [3.05, 3.63) is 70.5 Å². The zero-order valence-corrected chi connectivity index (χ0v) is 21.3. The number of rotatable bonds is 6. The van der Waals surface area contributed by atoms with Crippen LogP contribution < -0.4 is 15.4 Å². The summed E-state index contributed by atoms with van der Waals surface area (Å²) in [4.78, 5) is 30.7. The Morgan fingerprint density at radius 3 is 2.46 bits per heavy atom. The van der Waals surface area contributed by atoms with E-state index in [0.29, 0.717) is 18.8 Å². The van der Waals surface area contributed by atoms with E-state index in [1.165, 1.54) is 18.4 Å². The van der Waals surface area contributed by atoms with Crippen LogP contribution in [0.1, 0.15) is 63.4 Å². The summed E-state index contributed by atoms with van der Waals surface area (Å²) in [7, 11) is 4.23. The highest BCUT2D eigenvalue weighted by Crippen LogP contribution is 2.55. The molecule has 37 heavy (non-hydrogen) atoms. The molecule has 1 spiro atoms. The zero-order chi connectivity index (χ0) is 25.5. The van der Waals surface area contributed by atoms with Gasteiger partial charge in [0.05, 0.1) is 12.3 Å². The molecule has 2 aliphatic heterocycles. The number of primary amides is 1. The van der Waals surface area contributed by atoms with Crippen LogP contribution in [0.15, 0.2) is 42.5 Å². The third kappa shape index (κ3) is 3.42. The predicted octanol–water partition coefficient (Wildman–Crippen LogP) is 3.19. The molecule has 7 rings (SSSR count). The van der Waals surface area contributed by atoms with Gasteiger partial charge >= 0.3 is 0 Å². The van der Waals surface area contributed by atoms with Crippen molar-refractivity contribution in [1.82, 2.24) is 14.7 Å². The van der Waals surface area contributed by atoms with Crippen LogP contribution in [-0.2, 0) is 17.3 Å². The molecule has 190 valence electrons. The summed E-state index contributed by atoms with van der Waals surface area (Å²) in [6.07, 6.45) is 5.00. The molecule has 0 atom stereocenters. The molecule has 2 fully saturated rings. The summed E-state index contributed by atoms with van der Waals surface area (Å²) >= 11 is 0. The fourth-order valence-electron chi connectivity index (χ4n) is 6.42. The lowest BCUT2D eigenvalue weighted by Crippen LogP contribution is -2.44. The number of benzene rings is 2. The van der Waals surface area contributed by atoms with Crippen molar-refractivity contribution in [2.75, 3.05) is 38.7 Å². The molecule has 8 heteroatoms. The minimum atomic E-state index is -0.591. The van der Waals surface area contributed by atoms with Gasteiger partial charge in [0.15, 0.2) is 5.69 Å². The lowest BCUT2D eigenvalue weighted by Gasteiger charge is -2.34. The number of anilines is 1. The molecule has 0 saturated heterocycles. The summed E-state index contributed by atoms with van der Waals surface area (Å²) in [5.74, 6) is 0.118. The first-order valence-corrected chi connectivity index (χ1v) is 13.1. The molecular weight excluding hydrogens is 466 g/mol. The molecule has 0 radical (unpaired) electrons. The third-order valence-electron chi connectivity index (χ3n) is 8.59. The number of amides is 2. The molecule has 1 aromatic heterocycles. The Kier molecular flexibility index (Phi) is 4.68. The van der Waals surface area contributed by atoms with Crippen LogP contribution in [0.5, 0.6) is 5.75 Å². The fourth-order valence-corrected chi connectivity index (χ4v) is 6.42. The van der Waals surface area contributed by atoms with Crippen molar-refractivity contribution >= 4 is 17.5 Å². The van der Waals surface area contributed by atoms with E-state index in [9.17, 15) is 9.59 Å². The van der Waals surface area contributed by atoms with Crippen molar-refractivity contribution in [3.8, 4) is 11.4 Å². The lowest BCUT2D eigenvalue weighted by molar-refractivity contribution is 0.0966. The van der Waals surface area contributed by atoms with Gasteiger partial charge in [0.25, 0.3) is 11.8 Å². The zero-order valence-electron chi connectivity index (χ0n) is 21.3. The van der Waals surface area contributed by atoms with Crippen LogP contribution in [-0.4, -0.2) is 60.3 Å². The molecule has 2 aromatic carbocycles. The average molecular weight is 498 g/mol. The smallest absolute Gasteiger partial charge is 0.277 e. The monoisotopic (exact) mass is 497 g/mol. The molecule has 2 amide bonds. The maximum atomic E-state index is 14.1. The van der Waals surface area contributed by atoms with Gasteiger partial charge in [-0.1, -0.05) is 12.1 Å². The van der Waals surface area contributed by atoms with E-state index in [4.69, 9.17) is 10.5 Å². The second-order valence-electron chi connectivity index (χ2n) is 11.5. The second-order valence-corrected chi connectivity index (χ2v) is 11.5. The van der Waals surface area contributed by atoms with Crippen molar-refractivity contribution in [2.24, 2.45) is 5.73 Å². The van der Waals surface area contributed by atoms with Crippen LogP contribution in [0.25, 0.3) is 5.69 Å². The van der Waals surface area contributed by atoms with E-state index in [1.54, 1.807) is 4.68 Å². The number of hydrogen-bond acceptors (Lipinski definition) is 5. The van der Waals surface area contributed by atoms with Crippen LogP contribution in [0.2, 0.25) is 0 Å². The van der Waals surface area contributed by atoms with E-state index in [1.807, 2.05) is 23.1 Å². The van der Waals surface area contributed by atoms with Gasteiger partial charge in [-0.2, -0.15) is 5.10 Å². The predicted molar refractivity (Wildman–Crippen MR) is 140 cm³/mol. The topological polar surface area (TPSA) is 93.7 Å². The number of nitrogens with zero attached hydrogens (tertiary/aromatic N) is 4. The van der Waals surface area contributed by atoms with Gasteiger partial charge in [0.2, 0.25) is 0 Å². The Morgan fingerprint density at radius 1 is 1.08 bits per heavy atom. The molecule has 2 N–H and O–H groups in total. The third-order valence-corrected chi connectivity index (χ3v) is 8.59. The van der Waals surface area contributed by atoms with Gasteiger partial charge in [-0.15, -0.1) is 0 Å². The normalized spacial score (nSPS) is 20.1. The summed E-state index contributed by atoms with van der Waals surface area (Å²) in [5.41, 5.74) is 11.1. The van der Waals surface area contributed by atoms with Gasteiger partial charge < -0.3 is 20.3 Å². The Hall–Kier alpha value is -3.65. The van der Waals surface area contributed by atoms with Crippen molar-refractivity contribution in [1.29, 1.82) is 0 Å². The SMILES string of the molecule is CN(C)CC1(c2ccc(N3CC4(CC4)c4c(C(N)=O)nn(-c5ccc6c(c5)CCO6)c4C3=O)cc2)CC1. The Balaban J connectivity index is 1.30. The number of carbonyl (C=O) groups is 2. The van der Waals surface area contributed by atoms with Crippen LogP contribution >= 0.6 is 0 Å². The molecule has 4 aliphatic rings. The molecule has 3 aromatic rings. The highest BCUT2D eigenvalue weighted by atomic mass is 16.5. The molecule has 2 saturated carbocycles. The van der Waals surface area contributed by atoms with Gasteiger partial charge in [0.1, 0.15) is 11.4 Å². The number of likely N-dealkylation sites (N-methyl/N-ethyl adjacent to an activating group) is 1. The van der Waals surface area contributed by atoms with Gasteiger partial charge in [-0.3, -0.25) is 9.59 Å². The van der Waals surface area contributed by atoms with E-state index >= 15 is 0 Å². The molecular formula is C29H31N5O3. The number of ether oxygens (including phenoxy) is 1. The largest absolute Gasteiger partial charge is 0.493 e. The molecule has 3 heterocycles. The first-order valence-electron chi connectivity index (χ1n) is 13.1. The first kappa shape index (κ1) is 22.5. The fraction of sp³-hybridized carbons (Fsp3) is 0.414. The Morgan fingerprint density at radius 2 is 1.81 bits per heavy atom. The van der Waals surface area contributed by atoms with E-state index in [0.717, 1.165) is 54.1 Å². The molecule has 0 unspecified atom stereocenters. The minimum Gasteiger partial charge on any atom is -0.493 e. The quantitative estimate of drug-likeness (QED) is 0.565. The highest BCUT2D eigenvalue weighted by molar-refractivity contribution is 6.10. The summed E-state index contributed by atoms with van der Waals surface area (Å²) in [5, 5.41) is 4.63.